The first-order valence-corrected chi connectivity index (χ1v) is 10.0. The molecule has 2 fully saturated rings. The second-order valence-corrected chi connectivity index (χ2v) is 8.56. The van der Waals surface area contributed by atoms with Gasteiger partial charge in [-0.05, 0) is 38.0 Å². The maximum Gasteiger partial charge on any atom is 0.211 e. The molecule has 4 nitrogen and oxygen atoms in total. The van der Waals surface area contributed by atoms with Crippen LogP contribution in [0.25, 0.3) is 0 Å². The van der Waals surface area contributed by atoms with Crippen molar-refractivity contribution in [2.24, 2.45) is 5.92 Å². The molecule has 2 unspecified atom stereocenters. The van der Waals surface area contributed by atoms with Crippen molar-refractivity contribution in [1.29, 1.82) is 0 Å². The van der Waals surface area contributed by atoms with Gasteiger partial charge in [0.05, 0.1) is 6.26 Å². The summed E-state index contributed by atoms with van der Waals surface area (Å²) in [5.41, 5.74) is 0. The lowest BCUT2D eigenvalue weighted by Gasteiger charge is -2.33. The van der Waals surface area contributed by atoms with Gasteiger partial charge in [-0.15, -0.1) is 0 Å². The lowest BCUT2D eigenvalue weighted by Crippen LogP contribution is -2.47. The fourth-order valence-electron chi connectivity index (χ4n) is 3.64. The van der Waals surface area contributed by atoms with Crippen molar-refractivity contribution in [3.05, 3.63) is 0 Å². The molecule has 0 amide bonds. The summed E-state index contributed by atoms with van der Waals surface area (Å²) in [4.78, 5) is 0. The van der Waals surface area contributed by atoms with Crippen LogP contribution in [0.3, 0.4) is 0 Å². The lowest BCUT2D eigenvalue weighted by molar-refractivity contribution is 0.266. The SMILES string of the molecule is CCC1CCCC(NC2CCN(S(C)(=O)=O)CC2)CC1. The van der Waals surface area contributed by atoms with E-state index in [-0.39, 0.29) is 0 Å². The van der Waals surface area contributed by atoms with E-state index in [1.807, 2.05) is 0 Å². The lowest BCUT2D eigenvalue weighted by atomic mass is 9.97. The van der Waals surface area contributed by atoms with Crippen LogP contribution in [0.1, 0.15) is 58.3 Å². The third kappa shape index (κ3) is 4.71. The van der Waals surface area contributed by atoms with E-state index in [1.165, 1.54) is 44.8 Å². The minimum Gasteiger partial charge on any atom is -0.311 e. The average Bonchev–Trinajstić information content (AvgIpc) is 2.63. The first-order valence-electron chi connectivity index (χ1n) is 8.20. The summed E-state index contributed by atoms with van der Waals surface area (Å²) in [5, 5.41) is 3.79. The van der Waals surface area contributed by atoms with Crippen LogP contribution >= 0.6 is 0 Å². The predicted molar refractivity (Wildman–Crippen MR) is 83.2 cm³/mol. The molecule has 1 N–H and O–H groups in total. The minimum absolute atomic E-state index is 0.510. The molecule has 1 aliphatic carbocycles. The number of hydrogen-bond acceptors (Lipinski definition) is 3. The molecule has 0 spiro atoms. The molecular weight excluding hydrogens is 272 g/mol. The van der Waals surface area contributed by atoms with Gasteiger partial charge in [-0.3, -0.25) is 0 Å². The Morgan fingerprint density at radius 1 is 1.00 bits per heavy atom. The molecular formula is C15H30N2O2S. The van der Waals surface area contributed by atoms with Gasteiger partial charge in [-0.25, -0.2) is 12.7 Å². The molecule has 1 heterocycles. The topological polar surface area (TPSA) is 49.4 Å². The van der Waals surface area contributed by atoms with E-state index >= 15 is 0 Å². The van der Waals surface area contributed by atoms with E-state index in [1.54, 1.807) is 4.31 Å². The molecule has 1 saturated heterocycles. The van der Waals surface area contributed by atoms with E-state index in [9.17, 15) is 8.42 Å². The van der Waals surface area contributed by atoms with Gasteiger partial charge in [0.1, 0.15) is 0 Å². The molecule has 0 aromatic heterocycles. The van der Waals surface area contributed by atoms with E-state index < -0.39 is 10.0 Å². The molecule has 0 aromatic carbocycles. The number of sulfonamides is 1. The summed E-state index contributed by atoms with van der Waals surface area (Å²) in [6, 6.07) is 1.16. The first kappa shape index (κ1) is 16.2. The number of nitrogens with zero attached hydrogens (tertiary/aromatic N) is 1. The number of piperidine rings is 1. The van der Waals surface area contributed by atoms with Crippen LogP contribution in [-0.2, 0) is 10.0 Å². The van der Waals surface area contributed by atoms with Crippen molar-refractivity contribution < 1.29 is 8.42 Å². The van der Waals surface area contributed by atoms with Gasteiger partial charge in [0.2, 0.25) is 10.0 Å². The third-order valence-corrected chi connectivity index (χ3v) is 6.36. The average molecular weight is 302 g/mol. The van der Waals surface area contributed by atoms with Crippen LogP contribution in [0.4, 0.5) is 0 Å². The molecule has 5 heteroatoms. The molecule has 0 radical (unpaired) electrons. The van der Waals surface area contributed by atoms with Crippen molar-refractivity contribution in [3.63, 3.8) is 0 Å². The van der Waals surface area contributed by atoms with Gasteiger partial charge in [0.15, 0.2) is 0 Å². The number of nitrogens with one attached hydrogen (secondary N) is 1. The van der Waals surface area contributed by atoms with Crippen molar-refractivity contribution in [1.82, 2.24) is 9.62 Å². The molecule has 2 atom stereocenters. The second-order valence-electron chi connectivity index (χ2n) is 6.58. The Kier molecular flexibility index (Phi) is 5.87. The summed E-state index contributed by atoms with van der Waals surface area (Å²) in [6.45, 7) is 3.67. The molecule has 0 bridgehead atoms. The summed E-state index contributed by atoms with van der Waals surface area (Å²) >= 11 is 0. The maximum absolute atomic E-state index is 11.5. The Morgan fingerprint density at radius 2 is 1.65 bits per heavy atom. The minimum atomic E-state index is -2.99. The molecule has 0 aromatic rings. The molecule has 2 rings (SSSR count). The molecule has 1 aliphatic heterocycles. The largest absolute Gasteiger partial charge is 0.311 e. The summed E-state index contributed by atoms with van der Waals surface area (Å²) in [6.07, 6.45) is 11.2. The quantitative estimate of drug-likeness (QED) is 0.811. The van der Waals surface area contributed by atoms with Crippen molar-refractivity contribution >= 4 is 10.0 Å². The first-order chi connectivity index (χ1) is 9.49. The van der Waals surface area contributed by atoms with Crippen LogP contribution in [-0.4, -0.2) is 44.2 Å². The molecule has 1 saturated carbocycles. The maximum atomic E-state index is 11.5. The smallest absolute Gasteiger partial charge is 0.211 e. The van der Waals surface area contributed by atoms with E-state index in [4.69, 9.17) is 0 Å². The highest BCUT2D eigenvalue weighted by Gasteiger charge is 2.27. The van der Waals surface area contributed by atoms with Crippen LogP contribution in [0, 0.1) is 5.92 Å². The molecule has 20 heavy (non-hydrogen) atoms. The zero-order valence-electron chi connectivity index (χ0n) is 13.0. The normalized spacial score (nSPS) is 31.1. The van der Waals surface area contributed by atoms with Crippen LogP contribution in [0.2, 0.25) is 0 Å². The van der Waals surface area contributed by atoms with Gasteiger partial charge >= 0.3 is 0 Å². The fourth-order valence-corrected chi connectivity index (χ4v) is 4.51. The van der Waals surface area contributed by atoms with Gasteiger partial charge in [-0.1, -0.05) is 26.2 Å². The Labute approximate surface area is 124 Å². The summed E-state index contributed by atoms with van der Waals surface area (Å²) in [5.74, 6) is 0.925. The Bertz CT molecular complexity index is 389. The number of rotatable bonds is 4. The number of hydrogen-bond donors (Lipinski definition) is 1. The highest BCUT2D eigenvalue weighted by molar-refractivity contribution is 7.88. The fraction of sp³-hybridized carbons (Fsp3) is 1.00. The molecule has 118 valence electrons. The monoisotopic (exact) mass is 302 g/mol. The molecule has 2 aliphatic rings. The Morgan fingerprint density at radius 3 is 2.25 bits per heavy atom. The zero-order chi connectivity index (χ0) is 14.6. The van der Waals surface area contributed by atoms with Gasteiger partial charge in [0.25, 0.3) is 0 Å². The summed E-state index contributed by atoms with van der Waals surface area (Å²) in [7, 11) is -2.99. The van der Waals surface area contributed by atoms with Gasteiger partial charge in [0, 0.05) is 25.2 Å². The second kappa shape index (κ2) is 7.23. The van der Waals surface area contributed by atoms with Crippen LogP contribution < -0.4 is 5.32 Å². The third-order valence-electron chi connectivity index (χ3n) is 5.06. The van der Waals surface area contributed by atoms with Gasteiger partial charge in [-0.2, -0.15) is 0 Å². The standard InChI is InChI=1S/C15H30N2O2S/c1-3-13-5-4-6-14(8-7-13)16-15-9-11-17(12-10-15)20(2,18)19/h13-16H,3-12H2,1-2H3. The van der Waals surface area contributed by atoms with Gasteiger partial charge < -0.3 is 5.32 Å². The highest BCUT2D eigenvalue weighted by Crippen LogP contribution is 2.26. The van der Waals surface area contributed by atoms with E-state index in [0.717, 1.165) is 18.8 Å². The van der Waals surface area contributed by atoms with Crippen LogP contribution in [0.15, 0.2) is 0 Å². The van der Waals surface area contributed by atoms with E-state index in [2.05, 4.69) is 12.2 Å². The predicted octanol–water partition coefficient (Wildman–Crippen LogP) is 2.36. The van der Waals surface area contributed by atoms with Crippen molar-refractivity contribution in [2.45, 2.75) is 70.4 Å². The Balaban J connectivity index is 1.75. The summed E-state index contributed by atoms with van der Waals surface area (Å²) < 4.78 is 24.6. The van der Waals surface area contributed by atoms with Crippen molar-refractivity contribution in [2.75, 3.05) is 19.3 Å². The van der Waals surface area contributed by atoms with Crippen LogP contribution in [0.5, 0.6) is 0 Å². The highest BCUT2D eigenvalue weighted by atomic mass is 32.2. The van der Waals surface area contributed by atoms with Crippen molar-refractivity contribution in [3.8, 4) is 0 Å². The Hall–Kier alpha value is -0.130. The van der Waals surface area contributed by atoms with E-state index in [0.29, 0.717) is 25.2 Å². The zero-order valence-corrected chi connectivity index (χ0v) is 13.8.